The fourth-order valence-corrected chi connectivity index (χ4v) is 3.16. The van der Waals surface area contributed by atoms with E-state index in [1.165, 1.54) is 6.42 Å². The first-order valence-corrected chi connectivity index (χ1v) is 7.25. The van der Waals surface area contributed by atoms with Crippen LogP contribution in [-0.4, -0.2) is 33.6 Å². The molecule has 2 heterocycles. The Morgan fingerprint density at radius 3 is 3.00 bits per heavy atom. The first-order chi connectivity index (χ1) is 8.63. The van der Waals surface area contributed by atoms with Gasteiger partial charge in [-0.1, -0.05) is 30.8 Å². The molecule has 1 aliphatic rings. The zero-order chi connectivity index (χ0) is 13.0. The average molecular weight is 268 g/mol. The molecule has 0 bridgehead atoms. The normalized spacial score (nSPS) is 19.3. The number of nitrogens with zero attached hydrogens (tertiary/aromatic N) is 3. The number of rotatable bonds is 5. The molecular formula is C12H20N4OS. The molecule has 6 heteroatoms. The monoisotopic (exact) mass is 268 g/mol. The minimum Gasteiger partial charge on any atom is -0.364 e. The van der Waals surface area contributed by atoms with Gasteiger partial charge in [0, 0.05) is 18.2 Å². The summed E-state index contributed by atoms with van der Waals surface area (Å²) in [7, 11) is 0. The van der Waals surface area contributed by atoms with E-state index in [1.54, 1.807) is 0 Å². The molecule has 100 valence electrons. The van der Waals surface area contributed by atoms with Crippen molar-refractivity contribution in [2.45, 2.75) is 38.9 Å². The first-order valence-electron chi connectivity index (χ1n) is 6.37. The molecular weight excluding hydrogens is 248 g/mol. The molecule has 0 radical (unpaired) electrons. The van der Waals surface area contributed by atoms with Crippen LogP contribution in [0.2, 0.25) is 0 Å². The van der Waals surface area contributed by atoms with E-state index in [1.807, 2.05) is 18.7 Å². The molecule has 0 spiro atoms. The fourth-order valence-electron chi connectivity index (χ4n) is 1.88. The summed E-state index contributed by atoms with van der Waals surface area (Å²) in [6.45, 7) is 8.06. The van der Waals surface area contributed by atoms with Crippen molar-refractivity contribution in [3.05, 3.63) is 11.7 Å². The van der Waals surface area contributed by atoms with Gasteiger partial charge in [0.15, 0.2) is 11.0 Å². The topological polar surface area (TPSA) is 63.3 Å². The minimum atomic E-state index is 0.637. The number of hydrogen-bond acceptors (Lipinski definition) is 6. The van der Waals surface area contributed by atoms with Crippen molar-refractivity contribution in [3.8, 4) is 0 Å². The van der Waals surface area contributed by atoms with E-state index in [9.17, 15) is 0 Å². The van der Waals surface area contributed by atoms with Gasteiger partial charge in [-0.2, -0.15) is 4.98 Å². The zero-order valence-corrected chi connectivity index (χ0v) is 12.0. The summed E-state index contributed by atoms with van der Waals surface area (Å²) in [5.41, 5.74) is 0. The lowest BCUT2D eigenvalue weighted by atomic mass is 10.1. The molecule has 0 fully saturated rings. The largest absolute Gasteiger partial charge is 0.364 e. The highest BCUT2D eigenvalue weighted by Gasteiger charge is 2.20. The lowest BCUT2D eigenvalue weighted by Crippen LogP contribution is -2.22. The van der Waals surface area contributed by atoms with Gasteiger partial charge in [-0.25, -0.2) is 0 Å². The molecule has 0 aliphatic carbocycles. The van der Waals surface area contributed by atoms with Crippen LogP contribution in [0.25, 0.3) is 0 Å². The highest BCUT2D eigenvalue weighted by molar-refractivity contribution is 8.14. The van der Waals surface area contributed by atoms with E-state index in [4.69, 9.17) is 4.52 Å². The van der Waals surface area contributed by atoms with Crippen molar-refractivity contribution in [2.24, 2.45) is 10.9 Å². The maximum Gasteiger partial charge on any atom is 0.228 e. The quantitative estimate of drug-likeness (QED) is 0.885. The number of thioether (sulfide) groups is 1. The maximum absolute atomic E-state index is 5.05. The summed E-state index contributed by atoms with van der Waals surface area (Å²) in [4.78, 5) is 8.67. The van der Waals surface area contributed by atoms with Gasteiger partial charge in [0.1, 0.15) is 0 Å². The number of amidine groups is 1. The van der Waals surface area contributed by atoms with Crippen molar-refractivity contribution in [1.82, 2.24) is 15.5 Å². The van der Waals surface area contributed by atoms with Gasteiger partial charge in [-0.15, -0.1) is 0 Å². The first kappa shape index (κ1) is 13.4. The van der Waals surface area contributed by atoms with Gasteiger partial charge in [-0.3, -0.25) is 4.99 Å². The maximum atomic E-state index is 5.05. The third-order valence-electron chi connectivity index (χ3n) is 2.64. The number of aromatic nitrogens is 2. The van der Waals surface area contributed by atoms with Crippen molar-refractivity contribution in [2.75, 3.05) is 13.1 Å². The van der Waals surface area contributed by atoms with E-state index in [-0.39, 0.29) is 0 Å². The average Bonchev–Trinajstić information content (AvgIpc) is 2.88. The summed E-state index contributed by atoms with van der Waals surface area (Å²) < 4.78 is 5.05. The van der Waals surface area contributed by atoms with E-state index >= 15 is 0 Å². The molecule has 0 saturated carbocycles. The van der Waals surface area contributed by atoms with Gasteiger partial charge in [0.25, 0.3) is 0 Å². The lowest BCUT2D eigenvalue weighted by Gasteiger charge is -2.10. The van der Waals surface area contributed by atoms with Crippen LogP contribution in [0.4, 0.5) is 0 Å². The molecule has 1 aromatic rings. The highest BCUT2D eigenvalue weighted by atomic mass is 32.2. The standard InChI is InChI=1S/C12H20N4OS/c1-8(2)6-10-7-14-12(18-10)13-5-4-11-15-9(3)16-17-11/h8,10H,4-7H2,1-3H3,(H,13,14). The van der Waals surface area contributed by atoms with Crippen LogP contribution in [0.5, 0.6) is 0 Å². The zero-order valence-electron chi connectivity index (χ0n) is 11.1. The van der Waals surface area contributed by atoms with Crippen LogP contribution in [0, 0.1) is 12.8 Å². The van der Waals surface area contributed by atoms with Crippen molar-refractivity contribution in [3.63, 3.8) is 0 Å². The van der Waals surface area contributed by atoms with Crippen LogP contribution in [0.1, 0.15) is 32.0 Å². The minimum absolute atomic E-state index is 0.637. The molecule has 0 amide bonds. The Bertz CT molecular complexity index is 416. The van der Waals surface area contributed by atoms with Crippen LogP contribution < -0.4 is 5.32 Å². The van der Waals surface area contributed by atoms with E-state index in [0.29, 0.717) is 17.0 Å². The molecule has 1 aromatic heterocycles. The van der Waals surface area contributed by atoms with Gasteiger partial charge < -0.3 is 9.84 Å². The second kappa shape index (κ2) is 6.22. The SMILES string of the molecule is Cc1noc(CCNC2=NCC(CC(C)C)S2)n1. The summed E-state index contributed by atoms with van der Waals surface area (Å²) in [5, 5.41) is 8.78. The summed E-state index contributed by atoms with van der Waals surface area (Å²) in [6.07, 6.45) is 1.97. The van der Waals surface area contributed by atoms with Crippen molar-refractivity contribution >= 4 is 16.9 Å². The summed E-state index contributed by atoms with van der Waals surface area (Å²) >= 11 is 1.85. The third-order valence-corrected chi connectivity index (χ3v) is 3.81. The molecule has 2 rings (SSSR count). The molecule has 1 atom stereocenters. The Labute approximate surface area is 112 Å². The Morgan fingerprint density at radius 2 is 2.33 bits per heavy atom. The van der Waals surface area contributed by atoms with Gasteiger partial charge in [0.05, 0.1) is 6.54 Å². The second-order valence-corrected chi connectivity index (χ2v) is 6.22. The van der Waals surface area contributed by atoms with Crippen LogP contribution >= 0.6 is 11.8 Å². The Kier molecular flexibility index (Phi) is 4.63. The lowest BCUT2D eigenvalue weighted by molar-refractivity contribution is 0.375. The molecule has 5 nitrogen and oxygen atoms in total. The molecule has 0 aromatic carbocycles. The van der Waals surface area contributed by atoms with Crippen molar-refractivity contribution < 1.29 is 4.52 Å². The predicted octanol–water partition coefficient (Wildman–Crippen LogP) is 2.03. The third kappa shape index (κ3) is 4.01. The highest BCUT2D eigenvalue weighted by Crippen LogP contribution is 2.25. The van der Waals surface area contributed by atoms with E-state index < -0.39 is 0 Å². The van der Waals surface area contributed by atoms with Crippen LogP contribution in [0.3, 0.4) is 0 Å². The Hall–Kier alpha value is -1.04. The predicted molar refractivity (Wildman–Crippen MR) is 73.9 cm³/mol. The van der Waals surface area contributed by atoms with Gasteiger partial charge in [-0.05, 0) is 19.3 Å². The number of aliphatic imine (C=N–C) groups is 1. The molecule has 1 aliphatic heterocycles. The molecule has 1 unspecified atom stereocenters. The molecule has 0 saturated heterocycles. The molecule has 1 N–H and O–H groups in total. The van der Waals surface area contributed by atoms with E-state index in [0.717, 1.165) is 30.6 Å². The van der Waals surface area contributed by atoms with Crippen LogP contribution in [-0.2, 0) is 6.42 Å². The van der Waals surface area contributed by atoms with Gasteiger partial charge >= 0.3 is 0 Å². The van der Waals surface area contributed by atoms with Crippen molar-refractivity contribution in [1.29, 1.82) is 0 Å². The van der Waals surface area contributed by atoms with E-state index in [2.05, 4.69) is 34.3 Å². The number of nitrogens with one attached hydrogen (secondary N) is 1. The van der Waals surface area contributed by atoms with Crippen LogP contribution in [0.15, 0.2) is 9.52 Å². The molecule has 18 heavy (non-hydrogen) atoms. The second-order valence-electron chi connectivity index (χ2n) is 4.93. The number of hydrogen-bond donors (Lipinski definition) is 1. The fraction of sp³-hybridized carbons (Fsp3) is 0.750. The Balaban J connectivity index is 1.66. The van der Waals surface area contributed by atoms with Gasteiger partial charge in [0.2, 0.25) is 5.89 Å². The number of aryl methyl sites for hydroxylation is 1. The summed E-state index contributed by atoms with van der Waals surface area (Å²) in [5.74, 6) is 2.11. The smallest absolute Gasteiger partial charge is 0.228 e. The Morgan fingerprint density at radius 1 is 1.50 bits per heavy atom. The summed E-state index contributed by atoms with van der Waals surface area (Å²) in [6, 6.07) is 0.